The van der Waals surface area contributed by atoms with Gasteiger partial charge in [0.2, 0.25) is 0 Å². The minimum atomic E-state index is -1.34. The second-order valence-corrected chi connectivity index (χ2v) is 40.3. The molecule has 5 aliphatic rings. The van der Waals surface area contributed by atoms with Crippen LogP contribution < -0.4 is 87.5 Å². The Morgan fingerprint density at radius 2 is 0.709 bits per heavy atom. The van der Waals surface area contributed by atoms with Gasteiger partial charge in [-0.05, 0) is 241 Å². The molecule has 6 aromatic carbocycles. The third kappa shape index (κ3) is 36.0. The summed E-state index contributed by atoms with van der Waals surface area (Å²) < 4.78 is 57.7. The second-order valence-electron chi connectivity index (χ2n) is 31.2. The van der Waals surface area contributed by atoms with Crippen LogP contribution in [-0.4, -0.2) is 141 Å². The predicted octanol–water partition coefficient (Wildman–Crippen LogP) is 14.9. The first-order valence-corrected chi connectivity index (χ1v) is 45.0. The summed E-state index contributed by atoms with van der Waals surface area (Å²) in [7, 11) is 7.93. The molecule has 0 aromatic heterocycles. The van der Waals surface area contributed by atoms with E-state index in [1.165, 1.54) is 51.4 Å². The maximum atomic E-state index is 11.7. The normalized spacial score (nSPS) is 18.0. The summed E-state index contributed by atoms with van der Waals surface area (Å²) in [6, 6.07) is 58.8. The fourth-order valence-electron chi connectivity index (χ4n) is 11.3. The van der Waals surface area contributed by atoms with Crippen LogP contribution in [0.15, 0.2) is 174 Å². The van der Waals surface area contributed by atoms with Gasteiger partial charge in [-0.2, -0.15) is 0 Å². The molecule has 3 aliphatic heterocycles. The Labute approximate surface area is 748 Å². The molecule has 2 atom stereocenters. The zero-order valence-electron chi connectivity index (χ0n) is 67.6. The van der Waals surface area contributed by atoms with E-state index in [0.29, 0.717) is 11.5 Å². The van der Waals surface area contributed by atoms with E-state index in [-0.39, 0.29) is 141 Å². The van der Waals surface area contributed by atoms with Crippen molar-refractivity contribution in [3.63, 3.8) is 0 Å². The largest absolute Gasteiger partial charge is 1.00 e. The number of carbonyl (C=O) groups is 3. The molecule has 11 rings (SSSR count). The van der Waals surface area contributed by atoms with Crippen LogP contribution >= 0.6 is 74.0 Å². The number of aliphatic hydroxyl groups is 2. The number of hydrogen-bond acceptors (Lipinski definition) is 15. The van der Waals surface area contributed by atoms with E-state index in [0.717, 1.165) is 28.2 Å². The number of benzene rings is 6. The molecule has 0 radical (unpaired) electrons. The van der Waals surface area contributed by atoms with Gasteiger partial charge in [0, 0.05) is 28.5 Å². The number of esters is 2. The minimum absolute atomic E-state index is 0. The number of aliphatic carboxylic acids is 1. The van der Waals surface area contributed by atoms with E-state index >= 15 is 0 Å². The maximum Gasteiger partial charge on any atom is 1.00 e. The van der Waals surface area contributed by atoms with Crippen LogP contribution in [0.4, 0.5) is 0 Å². The third-order valence-electron chi connectivity index (χ3n) is 18.7. The van der Waals surface area contributed by atoms with E-state index < -0.39 is 73.7 Å². The quantitative estimate of drug-likeness (QED) is 0.0357. The van der Waals surface area contributed by atoms with Crippen molar-refractivity contribution in [1.82, 2.24) is 0 Å². The first-order chi connectivity index (χ1) is 50.4. The van der Waals surface area contributed by atoms with E-state index in [2.05, 4.69) is 137 Å². The summed E-state index contributed by atoms with van der Waals surface area (Å²) in [6.45, 7) is 35.5. The Hall–Kier alpha value is -1.48. The van der Waals surface area contributed by atoms with Crippen LogP contribution in [0.3, 0.4) is 0 Å². The molecule has 2 aliphatic carbocycles. The van der Waals surface area contributed by atoms with Gasteiger partial charge in [0.15, 0.2) is 12.2 Å². The first-order valence-electron chi connectivity index (χ1n) is 36.4. The molecular formula is C81H114B3BrCl4FeKO16P2Pd+. The average Bonchev–Trinajstić information content (AvgIpc) is 1.60. The smallest absolute Gasteiger partial charge is 0.0622 e. The monoisotopic (exact) mass is 1860 g/mol. The molecule has 0 spiro atoms. The fourth-order valence-corrected chi connectivity index (χ4v) is 17.6. The summed E-state index contributed by atoms with van der Waals surface area (Å²) >= 11 is 12.7. The molecule has 16 nitrogen and oxygen atoms in total. The topological polar surface area (TPSA) is 204 Å². The summed E-state index contributed by atoms with van der Waals surface area (Å²) in [6.07, 6.45) is 8.71. The number of carbonyl (C=O) groups excluding carboxylic acids is 2. The van der Waals surface area contributed by atoms with Crippen molar-refractivity contribution >= 4 is 140 Å². The molecule has 110 heavy (non-hydrogen) atoms. The Kier molecular flexibility index (Phi) is 47.4. The van der Waals surface area contributed by atoms with E-state index in [1.54, 1.807) is 87.0 Å². The maximum absolute atomic E-state index is 11.7. The molecule has 29 heteroatoms. The van der Waals surface area contributed by atoms with Crippen LogP contribution in [0.5, 0.6) is 11.5 Å². The zero-order chi connectivity index (χ0) is 80.9. The van der Waals surface area contributed by atoms with Gasteiger partial charge in [-0.3, -0.25) is 4.79 Å². The molecule has 3 saturated heterocycles. The minimum Gasteiger partial charge on any atom is -0.0622 e. The molecule has 3 N–H and O–H groups in total. The summed E-state index contributed by atoms with van der Waals surface area (Å²) in [5.74, 6) is -1.10. The number of rotatable bonds is 16. The number of carboxylic acids is 1. The van der Waals surface area contributed by atoms with Crippen molar-refractivity contribution in [2.24, 2.45) is 0 Å². The van der Waals surface area contributed by atoms with Gasteiger partial charge in [0.1, 0.15) is 35.9 Å². The van der Waals surface area contributed by atoms with E-state index in [9.17, 15) is 19.8 Å². The molecule has 2 saturated carbocycles. The van der Waals surface area contributed by atoms with Gasteiger partial charge in [-0.1, -0.05) is 175 Å². The molecule has 3 heterocycles. The van der Waals surface area contributed by atoms with Crippen molar-refractivity contribution in [2.75, 3.05) is 18.6 Å². The molecular weight excluding hydrogens is 1750 g/mol. The van der Waals surface area contributed by atoms with Gasteiger partial charge in [0.25, 0.3) is 5.97 Å². The SMILES string of the molecule is CC(=O)O.CC(C)(C)OC(=O)[C@H](O)COc1ccc(B2OC(C)(C)C(C)(C)O2)cc1.CC(C)(C)OC(=O)[C@H](O)COc1ccc(Br)cc1.CC1(C)OB(B2OC(C)(C)C(C)(C)O2)OC1(C)C.ClCCl.[Cl][Pd][Cl].[Fe].[K+].c1ccc(P(c2ccccc2)C2CCCC2)cc1.c1ccc(P(c2ccccc2)C2CCCC2)cc1. The Morgan fingerprint density at radius 1 is 0.482 bits per heavy atom. The molecule has 0 amide bonds. The number of hydrogen-bond donors (Lipinski definition) is 3. The van der Waals surface area contributed by atoms with Crippen LogP contribution in [0, 0.1) is 0 Å². The third-order valence-corrected chi connectivity index (χ3v) is 25.1. The molecule has 6 aromatic rings. The van der Waals surface area contributed by atoms with Crippen molar-refractivity contribution < 1.29 is 161 Å². The van der Waals surface area contributed by atoms with Gasteiger partial charge in [-0.25, -0.2) is 9.59 Å². The standard InChI is InChI=1S/C19H29BO6.2C17H19P.C13H17BrO4.C12H24B2O4.C2H4O2.CH2Cl2.2ClH.Fe.K.Pd/c1-17(2,3)24-16(22)15(21)12-23-14-10-8-13(9-11-14)20-25-18(4,5)19(6,7)26-20;2*1-3-9-15(10-4-1)18(17-13-7-8-14-17)16-11-5-2-6-12-16;1-13(2,3)18-12(16)11(15)8-17-10-6-4-9(14)5-7-10;1-9(2)10(3,4)16-13(15-9)14-17-11(5,6)12(7,8)18-14;1-2(3)4;2-1-3;;;;;/h8-11,15,21H,12H2,1-7H3;2*1-6,9-12,17H,7-8,13-14H2;4-7,11,15H,8H2,1-3H3;1-8H3;1H3,(H,3,4);1H2;2*1H;;;/q;;;;;;;;;;+1;+2/p-2/t15-;;;11-;;;;;;;;/m1..1......../s1. The number of aliphatic hydroxyl groups excluding tert-OH is 2. The van der Waals surface area contributed by atoms with Crippen LogP contribution in [0.25, 0.3) is 0 Å². The molecule has 0 bridgehead atoms. The van der Waals surface area contributed by atoms with Crippen LogP contribution in [-0.2, 0) is 84.8 Å². The van der Waals surface area contributed by atoms with E-state index in [1.807, 2.05) is 107 Å². The zero-order valence-corrected chi connectivity index (χ0v) is 79.8. The van der Waals surface area contributed by atoms with Gasteiger partial charge in [-0.15, -0.1) is 23.2 Å². The van der Waals surface area contributed by atoms with Gasteiger partial charge >= 0.3 is 119 Å². The summed E-state index contributed by atoms with van der Waals surface area (Å²) in [5.41, 5.74) is -0.837. The Balaban J connectivity index is 0.000000453. The van der Waals surface area contributed by atoms with Crippen LogP contribution in [0.1, 0.15) is 183 Å². The van der Waals surface area contributed by atoms with Gasteiger partial charge in [0.05, 0.1) is 38.9 Å². The Bertz CT molecular complexity index is 3320. The first kappa shape index (κ1) is 105. The number of ether oxygens (including phenoxy) is 4. The fraction of sp³-hybridized carbons (Fsp3) is 0.519. The van der Waals surface area contributed by atoms with Crippen molar-refractivity contribution in [2.45, 2.75) is 251 Å². The average molecular weight is 1860 g/mol. The van der Waals surface area contributed by atoms with Gasteiger partial charge < -0.3 is 62.2 Å². The number of alkyl halides is 2. The number of carboxylic acid groups (broad SMARTS) is 1. The second kappa shape index (κ2) is 49.8. The van der Waals surface area contributed by atoms with Crippen molar-refractivity contribution in [3.8, 4) is 11.5 Å². The summed E-state index contributed by atoms with van der Waals surface area (Å²) in [5, 5.41) is 33.2. The molecule has 5 fully saturated rings. The van der Waals surface area contributed by atoms with Crippen molar-refractivity contribution in [1.29, 1.82) is 0 Å². The number of halogens is 5. The van der Waals surface area contributed by atoms with Crippen molar-refractivity contribution in [3.05, 3.63) is 174 Å². The van der Waals surface area contributed by atoms with Crippen LogP contribution in [0.2, 0.25) is 0 Å². The Morgan fingerprint density at radius 3 is 0.945 bits per heavy atom. The molecule has 606 valence electrons. The summed E-state index contributed by atoms with van der Waals surface area (Å²) in [4.78, 5) is 32.2. The van der Waals surface area contributed by atoms with E-state index in [4.69, 9.17) is 99.0 Å². The predicted molar refractivity (Wildman–Crippen MR) is 447 cm³/mol. The molecule has 0 unspecified atom stereocenters.